The van der Waals surface area contributed by atoms with Gasteiger partial charge >= 0.3 is 0 Å². The molecule has 0 aromatic heterocycles. The summed E-state index contributed by atoms with van der Waals surface area (Å²) in [5.74, 6) is 6.48. The molecule has 0 bridgehead atoms. The first-order valence-corrected chi connectivity index (χ1v) is 21.9. The molecule has 4 rings (SSSR count). The highest BCUT2D eigenvalue weighted by Gasteiger charge is 2.44. The Hall–Kier alpha value is -0.640. The summed E-state index contributed by atoms with van der Waals surface area (Å²) in [6.07, 6.45) is 36.8. The van der Waals surface area contributed by atoms with Crippen molar-refractivity contribution in [3.63, 3.8) is 0 Å². The standard InChI is InChI=1S/C46H82O3/c1-7-11-33-47-35-41-21-17-37(18-22-41)13-15-39-25-29-43(30-26-39)45(5,9-3)49-46(6,10-4)44-31-27-40(28-32-44)16-14-38-19-23-42(24-20-38)36-48-34-12-8-2/h9-10,37-44H,3-4,7-8,11-36H2,1-2,5-6H3. The molecule has 49 heavy (non-hydrogen) atoms. The van der Waals surface area contributed by atoms with Gasteiger partial charge in [-0.2, -0.15) is 0 Å². The number of hydrogen-bond donors (Lipinski definition) is 0. The van der Waals surface area contributed by atoms with Crippen LogP contribution in [0.1, 0.15) is 182 Å². The van der Waals surface area contributed by atoms with Gasteiger partial charge in [-0.15, -0.1) is 13.2 Å². The van der Waals surface area contributed by atoms with Crippen LogP contribution in [-0.2, 0) is 14.2 Å². The minimum Gasteiger partial charge on any atom is -0.381 e. The molecule has 0 saturated heterocycles. The second kappa shape index (κ2) is 21.8. The van der Waals surface area contributed by atoms with Gasteiger partial charge in [-0.3, -0.25) is 0 Å². The summed E-state index contributed by atoms with van der Waals surface area (Å²) in [6, 6.07) is 0. The van der Waals surface area contributed by atoms with E-state index in [-0.39, 0.29) is 11.2 Å². The molecule has 0 spiro atoms. The SMILES string of the molecule is C=CC(C)(OC(C)(C=C)C1CCC(CCC2CCC(COCCCC)CC2)CC1)C1CCC(CCC2CCC(COCCCC)CC2)CC1. The summed E-state index contributed by atoms with van der Waals surface area (Å²) < 4.78 is 19.1. The maximum atomic E-state index is 7.23. The molecule has 284 valence electrons. The first kappa shape index (κ1) is 41.1. The van der Waals surface area contributed by atoms with Gasteiger partial charge in [0.15, 0.2) is 0 Å². The molecule has 0 N–H and O–H groups in total. The molecule has 0 amide bonds. The molecule has 0 heterocycles. The minimum atomic E-state index is -0.276. The molecule has 2 atom stereocenters. The fourth-order valence-corrected chi connectivity index (χ4v) is 10.4. The van der Waals surface area contributed by atoms with Crippen LogP contribution in [0.25, 0.3) is 0 Å². The molecule has 2 unspecified atom stereocenters. The fraction of sp³-hybridized carbons (Fsp3) is 0.913. The molecule has 0 aliphatic heterocycles. The number of ether oxygens (including phenoxy) is 3. The molecular formula is C46H82O3. The molecule has 4 aliphatic rings. The van der Waals surface area contributed by atoms with Crippen molar-refractivity contribution in [2.45, 2.75) is 193 Å². The molecule has 3 nitrogen and oxygen atoms in total. The Kier molecular flexibility index (Phi) is 18.3. The number of hydrogen-bond acceptors (Lipinski definition) is 3. The van der Waals surface area contributed by atoms with Crippen molar-refractivity contribution >= 4 is 0 Å². The predicted molar refractivity (Wildman–Crippen MR) is 210 cm³/mol. The Labute approximate surface area is 305 Å². The summed E-state index contributed by atoms with van der Waals surface area (Å²) in [7, 11) is 0. The zero-order valence-corrected chi connectivity index (χ0v) is 33.2. The third kappa shape index (κ3) is 13.4. The number of unbranched alkanes of at least 4 members (excludes halogenated alkanes) is 2. The van der Waals surface area contributed by atoms with Crippen molar-refractivity contribution in [2.75, 3.05) is 26.4 Å². The summed E-state index contributed by atoms with van der Waals surface area (Å²) in [4.78, 5) is 0. The van der Waals surface area contributed by atoms with Crippen LogP contribution in [0.3, 0.4) is 0 Å². The van der Waals surface area contributed by atoms with Gasteiger partial charge < -0.3 is 14.2 Å². The molecule has 0 aromatic carbocycles. The molecule has 0 radical (unpaired) electrons. The average Bonchev–Trinajstić information content (AvgIpc) is 3.14. The normalized spacial score (nSPS) is 33.7. The minimum absolute atomic E-state index is 0.276. The van der Waals surface area contributed by atoms with E-state index in [0.717, 1.165) is 61.9 Å². The topological polar surface area (TPSA) is 27.7 Å². The van der Waals surface area contributed by atoms with E-state index in [9.17, 15) is 0 Å². The predicted octanol–water partition coefficient (Wildman–Crippen LogP) is 13.3. The van der Waals surface area contributed by atoms with Crippen LogP contribution in [0, 0.1) is 47.3 Å². The summed E-state index contributed by atoms with van der Waals surface area (Å²) in [5.41, 5.74) is -0.551. The summed E-state index contributed by atoms with van der Waals surface area (Å²) >= 11 is 0. The third-order valence-corrected chi connectivity index (χ3v) is 14.5. The van der Waals surface area contributed by atoms with E-state index in [1.165, 1.54) is 154 Å². The van der Waals surface area contributed by atoms with Crippen molar-refractivity contribution in [1.29, 1.82) is 0 Å². The zero-order chi connectivity index (χ0) is 35.0. The third-order valence-electron chi connectivity index (χ3n) is 14.5. The van der Waals surface area contributed by atoms with Crippen LogP contribution < -0.4 is 0 Å². The van der Waals surface area contributed by atoms with Gasteiger partial charge in [0.25, 0.3) is 0 Å². The Morgan fingerprint density at radius 1 is 0.469 bits per heavy atom. The quantitative estimate of drug-likeness (QED) is 0.0840. The van der Waals surface area contributed by atoms with E-state index in [1.54, 1.807) is 0 Å². The molecule has 4 saturated carbocycles. The lowest BCUT2D eigenvalue weighted by Gasteiger charge is -2.48. The van der Waals surface area contributed by atoms with Crippen molar-refractivity contribution < 1.29 is 14.2 Å². The zero-order valence-electron chi connectivity index (χ0n) is 33.2. The van der Waals surface area contributed by atoms with Crippen LogP contribution in [-0.4, -0.2) is 37.6 Å². The maximum absolute atomic E-state index is 7.23. The Morgan fingerprint density at radius 3 is 1.04 bits per heavy atom. The van der Waals surface area contributed by atoms with Gasteiger partial charge in [0.2, 0.25) is 0 Å². The van der Waals surface area contributed by atoms with Crippen LogP contribution >= 0.6 is 0 Å². The average molecular weight is 683 g/mol. The van der Waals surface area contributed by atoms with Crippen LogP contribution in [0.15, 0.2) is 25.3 Å². The van der Waals surface area contributed by atoms with Crippen molar-refractivity contribution in [2.24, 2.45) is 47.3 Å². The van der Waals surface area contributed by atoms with E-state index in [1.807, 2.05) is 0 Å². The monoisotopic (exact) mass is 683 g/mol. The second-order valence-corrected chi connectivity index (χ2v) is 18.1. The van der Waals surface area contributed by atoms with Crippen LogP contribution in [0.4, 0.5) is 0 Å². The smallest absolute Gasteiger partial charge is 0.0871 e. The lowest BCUT2D eigenvalue weighted by molar-refractivity contribution is -0.154. The van der Waals surface area contributed by atoms with E-state index >= 15 is 0 Å². The highest BCUT2D eigenvalue weighted by atomic mass is 16.5. The van der Waals surface area contributed by atoms with E-state index in [2.05, 4.69) is 53.0 Å². The van der Waals surface area contributed by atoms with E-state index < -0.39 is 0 Å². The van der Waals surface area contributed by atoms with E-state index in [0.29, 0.717) is 11.8 Å². The highest BCUT2D eigenvalue weighted by Crippen LogP contribution is 2.47. The number of rotatable bonds is 22. The Bertz CT molecular complexity index is 812. The lowest BCUT2D eigenvalue weighted by Crippen LogP contribution is -2.49. The van der Waals surface area contributed by atoms with Crippen molar-refractivity contribution in [3.8, 4) is 0 Å². The lowest BCUT2D eigenvalue weighted by atomic mass is 9.70. The molecule has 4 aliphatic carbocycles. The van der Waals surface area contributed by atoms with Crippen LogP contribution in [0.2, 0.25) is 0 Å². The summed E-state index contributed by atoms with van der Waals surface area (Å²) in [5, 5.41) is 0. The first-order chi connectivity index (χ1) is 23.8. The van der Waals surface area contributed by atoms with Gasteiger partial charge in [-0.25, -0.2) is 0 Å². The second-order valence-electron chi connectivity index (χ2n) is 18.1. The fourth-order valence-electron chi connectivity index (χ4n) is 10.4. The van der Waals surface area contributed by atoms with Gasteiger partial charge in [0, 0.05) is 26.4 Å². The molecule has 0 aromatic rings. The highest BCUT2D eigenvalue weighted by molar-refractivity contribution is 5.08. The largest absolute Gasteiger partial charge is 0.381 e. The van der Waals surface area contributed by atoms with E-state index in [4.69, 9.17) is 14.2 Å². The van der Waals surface area contributed by atoms with Crippen molar-refractivity contribution in [1.82, 2.24) is 0 Å². The summed E-state index contributed by atoms with van der Waals surface area (Å²) in [6.45, 7) is 21.8. The van der Waals surface area contributed by atoms with Gasteiger partial charge in [-0.1, -0.05) is 116 Å². The van der Waals surface area contributed by atoms with Crippen LogP contribution in [0.5, 0.6) is 0 Å². The van der Waals surface area contributed by atoms with Crippen molar-refractivity contribution in [3.05, 3.63) is 25.3 Å². The maximum Gasteiger partial charge on any atom is 0.0871 e. The first-order valence-electron chi connectivity index (χ1n) is 21.9. The Balaban J connectivity index is 1.12. The Morgan fingerprint density at radius 2 is 0.755 bits per heavy atom. The van der Waals surface area contributed by atoms with Gasteiger partial charge in [-0.05, 0) is 125 Å². The van der Waals surface area contributed by atoms with Gasteiger partial charge in [0.05, 0.1) is 11.2 Å². The van der Waals surface area contributed by atoms with Gasteiger partial charge in [0.1, 0.15) is 0 Å². The molecular weight excluding hydrogens is 601 g/mol. The molecule has 3 heteroatoms. The molecule has 4 fully saturated rings.